The second kappa shape index (κ2) is 10.3. The Morgan fingerprint density at radius 1 is 0.897 bits per heavy atom. The fourth-order valence-electron chi connectivity index (χ4n) is 2.64. The SMILES string of the molecule is CSc1ccccc1NC(=O)COC(=O)c1ccccc1OCc1ccccc1. The van der Waals surface area contributed by atoms with Crippen LogP contribution in [0.25, 0.3) is 0 Å². The molecule has 0 saturated carbocycles. The average Bonchev–Trinajstić information content (AvgIpc) is 2.77. The highest BCUT2D eigenvalue weighted by molar-refractivity contribution is 7.98. The highest BCUT2D eigenvalue weighted by atomic mass is 32.2. The van der Waals surface area contributed by atoms with Gasteiger partial charge >= 0.3 is 5.97 Å². The standard InChI is InChI=1S/C23H21NO4S/c1-29-21-14-8-6-12-19(21)24-22(25)16-28-23(26)18-11-5-7-13-20(18)27-15-17-9-3-2-4-10-17/h2-14H,15-16H2,1H3,(H,24,25). The third-order valence-electron chi connectivity index (χ3n) is 4.06. The molecule has 0 spiro atoms. The van der Waals surface area contributed by atoms with Crippen LogP contribution in [0.4, 0.5) is 5.69 Å². The van der Waals surface area contributed by atoms with E-state index in [1.807, 2.05) is 54.8 Å². The smallest absolute Gasteiger partial charge is 0.342 e. The number of hydrogen-bond acceptors (Lipinski definition) is 5. The molecule has 0 unspecified atom stereocenters. The van der Waals surface area contributed by atoms with Crippen molar-refractivity contribution >= 4 is 29.3 Å². The lowest BCUT2D eigenvalue weighted by Gasteiger charge is -2.12. The molecule has 0 radical (unpaired) electrons. The van der Waals surface area contributed by atoms with E-state index in [0.29, 0.717) is 18.0 Å². The van der Waals surface area contributed by atoms with Crippen molar-refractivity contribution in [1.29, 1.82) is 0 Å². The summed E-state index contributed by atoms with van der Waals surface area (Å²) >= 11 is 1.53. The number of esters is 1. The minimum absolute atomic E-state index is 0.278. The van der Waals surface area contributed by atoms with E-state index in [-0.39, 0.29) is 12.2 Å². The Bertz CT molecular complexity index is 975. The van der Waals surface area contributed by atoms with Crippen molar-refractivity contribution in [3.8, 4) is 5.75 Å². The third kappa shape index (κ3) is 5.86. The van der Waals surface area contributed by atoms with E-state index < -0.39 is 11.9 Å². The van der Waals surface area contributed by atoms with E-state index in [9.17, 15) is 9.59 Å². The Kier molecular flexibility index (Phi) is 7.30. The molecular weight excluding hydrogens is 386 g/mol. The van der Waals surface area contributed by atoms with Gasteiger partial charge in [-0.3, -0.25) is 4.79 Å². The zero-order valence-electron chi connectivity index (χ0n) is 16.0. The van der Waals surface area contributed by atoms with Crippen LogP contribution in [0.3, 0.4) is 0 Å². The van der Waals surface area contributed by atoms with E-state index in [2.05, 4.69) is 5.32 Å². The summed E-state index contributed by atoms with van der Waals surface area (Å²) < 4.78 is 11.0. The number of hydrogen-bond donors (Lipinski definition) is 1. The lowest BCUT2D eigenvalue weighted by atomic mass is 10.2. The van der Waals surface area contributed by atoms with E-state index in [0.717, 1.165) is 10.5 Å². The van der Waals surface area contributed by atoms with Gasteiger partial charge in [0.15, 0.2) is 6.61 Å². The van der Waals surface area contributed by atoms with Crippen molar-refractivity contribution in [3.05, 3.63) is 90.0 Å². The maximum Gasteiger partial charge on any atom is 0.342 e. The number of carbonyl (C=O) groups is 2. The molecule has 0 aromatic heterocycles. The maximum atomic E-state index is 12.5. The molecule has 0 bridgehead atoms. The number of amides is 1. The lowest BCUT2D eigenvalue weighted by molar-refractivity contribution is -0.119. The third-order valence-corrected chi connectivity index (χ3v) is 4.86. The average molecular weight is 407 g/mol. The first-order valence-corrected chi connectivity index (χ1v) is 10.3. The van der Waals surface area contributed by atoms with Gasteiger partial charge in [0.05, 0.1) is 5.69 Å². The van der Waals surface area contributed by atoms with Crippen LogP contribution < -0.4 is 10.1 Å². The molecule has 3 rings (SSSR count). The monoisotopic (exact) mass is 407 g/mol. The summed E-state index contributed by atoms with van der Waals surface area (Å²) in [5, 5.41) is 2.76. The van der Waals surface area contributed by atoms with Crippen molar-refractivity contribution < 1.29 is 19.1 Å². The first-order valence-electron chi connectivity index (χ1n) is 9.03. The summed E-state index contributed by atoms with van der Waals surface area (Å²) in [6.45, 7) is -0.0499. The van der Waals surface area contributed by atoms with Crippen LogP contribution in [0.2, 0.25) is 0 Å². The number of benzene rings is 3. The summed E-state index contributed by atoms with van der Waals surface area (Å²) in [5.74, 6) is -0.598. The topological polar surface area (TPSA) is 64.6 Å². The van der Waals surface area contributed by atoms with Gasteiger partial charge in [0.2, 0.25) is 0 Å². The molecular formula is C23H21NO4S. The fraction of sp³-hybridized carbons (Fsp3) is 0.130. The number of carbonyl (C=O) groups excluding carboxylic acids is 2. The Labute approximate surface area is 174 Å². The van der Waals surface area contributed by atoms with Gasteiger partial charge in [0.1, 0.15) is 17.9 Å². The first-order chi connectivity index (χ1) is 14.2. The van der Waals surface area contributed by atoms with Gasteiger partial charge in [-0.2, -0.15) is 0 Å². The van der Waals surface area contributed by atoms with Gasteiger partial charge < -0.3 is 14.8 Å². The predicted octanol–water partition coefficient (Wildman–Crippen LogP) is 4.78. The number of rotatable bonds is 8. The molecule has 3 aromatic carbocycles. The molecule has 0 fully saturated rings. The molecule has 0 heterocycles. The Morgan fingerprint density at radius 2 is 1.59 bits per heavy atom. The molecule has 0 saturated heterocycles. The van der Waals surface area contributed by atoms with Crippen LogP contribution in [0, 0.1) is 0 Å². The minimum Gasteiger partial charge on any atom is -0.488 e. The van der Waals surface area contributed by atoms with Crippen molar-refractivity contribution in [2.45, 2.75) is 11.5 Å². The molecule has 5 nitrogen and oxygen atoms in total. The fourth-order valence-corrected chi connectivity index (χ4v) is 3.19. The molecule has 0 atom stereocenters. The molecule has 1 N–H and O–H groups in total. The van der Waals surface area contributed by atoms with E-state index in [4.69, 9.17) is 9.47 Å². The highest BCUT2D eigenvalue weighted by Crippen LogP contribution is 2.24. The largest absolute Gasteiger partial charge is 0.488 e. The van der Waals surface area contributed by atoms with Crippen LogP contribution in [-0.2, 0) is 16.1 Å². The summed E-state index contributed by atoms with van der Waals surface area (Å²) in [5.41, 5.74) is 1.95. The van der Waals surface area contributed by atoms with Crippen LogP contribution in [-0.4, -0.2) is 24.7 Å². The minimum atomic E-state index is -0.609. The first kappa shape index (κ1) is 20.5. The van der Waals surface area contributed by atoms with Gasteiger partial charge in [-0.15, -0.1) is 11.8 Å². The number of ether oxygens (including phenoxy) is 2. The zero-order valence-corrected chi connectivity index (χ0v) is 16.8. The van der Waals surface area contributed by atoms with Gasteiger partial charge in [0, 0.05) is 4.90 Å². The van der Waals surface area contributed by atoms with Gasteiger partial charge in [-0.25, -0.2) is 4.79 Å². The Morgan fingerprint density at radius 3 is 2.38 bits per heavy atom. The number of nitrogens with one attached hydrogen (secondary N) is 1. The molecule has 29 heavy (non-hydrogen) atoms. The van der Waals surface area contributed by atoms with Crippen molar-refractivity contribution in [3.63, 3.8) is 0 Å². The summed E-state index contributed by atoms with van der Waals surface area (Å²) in [6.07, 6.45) is 1.93. The van der Waals surface area contributed by atoms with E-state index in [1.54, 1.807) is 30.3 Å². The molecule has 3 aromatic rings. The number of anilines is 1. The Hall–Kier alpha value is -3.25. The second-order valence-electron chi connectivity index (χ2n) is 6.10. The van der Waals surface area contributed by atoms with Crippen molar-refractivity contribution in [2.24, 2.45) is 0 Å². The van der Waals surface area contributed by atoms with Crippen LogP contribution >= 0.6 is 11.8 Å². The highest BCUT2D eigenvalue weighted by Gasteiger charge is 2.16. The van der Waals surface area contributed by atoms with Gasteiger partial charge in [-0.1, -0.05) is 54.6 Å². The Balaban J connectivity index is 1.58. The molecule has 0 aliphatic rings. The summed E-state index contributed by atoms with van der Waals surface area (Å²) in [4.78, 5) is 25.6. The predicted molar refractivity (Wildman–Crippen MR) is 114 cm³/mol. The van der Waals surface area contributed by atoms with E-state index >= 15 is 0 Å². The van der Waals surface area contributed by atoms with Gasteiger partial charge in [-0.05, 0) is 36.1 Å². The normalized spacial score (nSPS) is 10.2. The lowest BCUT2D eigenvalue weighted by Crippen LogP contribution is -2.21. The molecule has 0 aliphatic heterocycles. The molecule has 0 aliphatic carbocycles. The molecule has 6 heteroatoms. The van der Waals surface area contributed by atoms with Crippen LogP contribution in [0.5, 0.6) is 5.75 Å². The second-order valence-corrected chi connectivity index (χ2v) is 6.94. The molecule has 148 valence electrons. The number of para-hydroxylation sites is 2. The zero-order chi connectivity index (χ0) is 20.5. The summed E-state index contributed by atoms with van der Waals surface area (Å²) in [7, 11) is 0. The quantitative estimate of drug-likeness (QED) is 0.430. The van der Waals surface area contributed by atoms with Crippen molar-refractivity contribution in [2.75, 3.05) is 18.2 Å². The van der Waals surface area contributed by atoms with Crippen LogP contribution in [0.15, 0.2) is 83.8 Å². The number of thioether (sulfide) groups is 1. The van der Waals surface area contributed by atoms with Gasteiger partial charge in [0.25, 0.3) is 5.91 Å². The van der Waals surface area contributed by atoms with Crippen LogP contribution in [0.1, 0.15) is 15.9 Å². The molecule has 1 amide bonds. The maximum absolute atomic E-state index is 12.5. The van der Waals surface area contributed by atoms with Crippen molar-refractivity contribution in [1.82, 2.24) is 0 Å². The summed E-state index contributed by atoms with van der Waals surface area (Å²) in [6, 6.07) is 23.9. The van der Waals surface area contributed by atoms with E-state index in [1.165, 1.54) is 11.8 Å².